The van der Waals surface area contributed by atoms with Crippen molar-refractivity contribution in [3.63, 3.8) is 0 Å². The normalized spacial score (nSPS) is 10.9. The Kier molecular flexibility index (Phi) is 4.52. The lowest BCUT2D eigenvalue weighted by atomic mass is 10.1. The van der Waals surface area contributed by atoms with Crippen LogP contribution in [0.25, 0.3) is 21.8 Å². The van der Waals surface area contributed by atoms with Gasteiger partial charge in [-0.1, -0.05) is 62.9 Å². The fourth-order valence-electron chi connectivity index (χ4n) is 1.83. The minimum absolute atomic E-state index is 0.313. The zero-order chi connectivity index (χ0) is 15.0. The summed E-state index contributed by atoms with van der Waals surface area (Å²) in [5.41, 5.74) is 1.47. The SMILES string of the molecule is Clc1ccc(-c2nc(Cl)c(-c3cccc(Br)c3)c(Cl)n2)s1. The van der Waals surface area contributed by atoms with Gasteiger partial charge in [-0.3, -0.25) is 0 Å². The van der Waals surface area contributed by atoms with Crippen molar-refractivity contribution in [2.75, 3.05) is 0 Å². The van der Waals surface area contributed by atoms with Gasteiger partial charge in [-0.15, -0.1) is 11.3 Å². The molecule has 2 heterocycles. The van der Waals surface area contributed by atoms with Crippen molar-refractivity contribution in [2.24, 2.45) is 0 Å². The molecule has 0 aliphatic rings. The molecule has 0 N–H and O–H groups in total. The summed E-state index contributed by atoms with van der Waals surface area (Å²) in [6.07, 6.45) is 0. The Balaban J connectivity index is 2.12. The average Bonchev–Trinajstić information content (AvgIpc) is 2.85. The van der Waals surface area contributed by atoms with Crippen molar-refractivity contribution in [3.05, 3.63) is 55.5 Å². The van der Waals surface area contributed by atoms with Gasteiger partial charge in [0.1, 0.15) is 10.3 Å². The molecule has 0 amide bonds. The molecule has 0 atom stereocenters. The quantitative estimate of drug-likeness (QED) is 0.437. The van der Waals surface area contributed by atoms with Gasteiger partial charge in [0.25, 0.3) is 0 Å². The highest BCUT2D eigenvalue weighted by molar-refractivity contribution is 9.10. The molecule has 1 aromatic carbocycles. The Morgan fingerprint density at radius 1 is 0.952 bits per heavy atom. The van der Waals surface area contributed by atoms with E-state index in [1.54, 1.807) is 6.07 Å². The summed E-state index contributed by atoms with van der Waals surface area (Å²) in [5, 5.41) is 0.625. The number of rotatable bonds is 2. The van der Waals surface area contributed by atoms with Crippen LogP contribution in [0.3, 0.4) is 0 Å². The fraction of sp³-hybridized carbons (Fsp3) is 0. The molecule has 7 heteroatoms. The molecule has 3 aromatic rings. The molecule has 106 valence electrons. The predicted octanol–water partition coefficient (Wildman–Crippen LogP) is 6.59. The second-order valence-corrected chi connectivity index (χ2v) is 7.46. The number of hydrogen-bond donors (Lipinski definition) is 0. The van der Waals surface area contributed by atoms with E-state index in [-0.39, 0.29) is 0 Å². The van der Waals surface area contributed by atoms with Crippen LogP contribution in [0, 0.1) is 0 Å². The maximum atomic E-state index is 6.30. The van der Waals surface area contributed by atoms with Crippen LogP contribution in [0.15, 0.2) is 40.9 Å². The number of halogens is 4. The van der Waals surface area contributed by atoms with E-state index in [0.717, 1.165) is 14.9 Å². The molecule has 2 aromatic heterocycles. The summed E-state index contributed by atoms with van der Waals surface area (Å²) in [6.45, 7) is 0. The van der Waals surface area contributed by atoms with Crippen LogP contribution in [-0.2, 0) is 0 Å². The third kappa shape index (κ3) is 3.25. The molecule has 3 rings (SSSR count). The predicted molar refractivity (Wildman–Crippen MR) is 93.5 cm³/mol. The Morgan fingerprint density at radius 2 is 1.67 bits per heavy atom. The molecule has 0 fully saturated rings. The van der Waals surface area contributed by atoms with Gasteiger partial charge in [0.15, 0.2) is 5.82 Å². The van der Waals surface area contributed by atoms with Gasteiger partial charge in [0.2, 0.25) is 0 Å². The van der Waals surface area contributed by atoms with E-state index in [4.69, 9.17) is 34.8 Å². The second kappa shape index (κ2) is 6.23. The molecule has 0 aliphatic heterocycles. The molecule has 21 heavy (non-hydrogen) atoms. The molecule has 0 aliphatic carbocycles. The van der Waals surface area contributed by atoms with Gasteiger partial charge >= 0.3 is 0 Å². The molecule has 2 nitrogen and oxygen atoms in total. The lowest BCUT2D eigenvalue weighted by molar-refractivity contribution is 1.19. The molecular formula is C14H6BrCl3N2S. The first-order valence-corrected chi connectivity index (χ1v) is 8.53. The summed E-state index contributed by atoms with van der Waals surface area (Å²) < 4.78 is 1.60. The van der Waals surface area contributed by atoms with Crippen LogP contribution in [0.1, 0.15) is 0 Å². The lowest BCUT2D eigenvalue weighted by Crippen LogP contribution is -1.93. The van der Waals surface area contributed by atoms with Gasteiger partial charge in [-0.25, -0.2) is 9.97 Å². The van der Waals surface area contributed by atoms with E-state index in [0.29, 0.717) is 26.0 Å². The van der Waals surface area contributed by atoms with Crippen molar-refractivity contribution >= 4 is 62.1 Å². The Bertz CT molecular complexity index is 796. The van der Waals surface area contributed by atoms with E-state index in [9.17, 15) is 0 Å². The molecule has 0 radical (unpaired) electrons. The van der Waals surface area contributed by atoms with Crippen LogP contribution in [0.4, 0.5) is 0 Å². The molecule has 0 spiro atoms. The van der Waals surface area contributed by atoms with Crippen molar-refractivity contribution < 1.29 is 0 Å². The van der Waals surface area contributed by atoms with Gasteiger partial charge in [-0.05, 0) is 29.8 Å². The highest BCUT2D eigenvalue weighted by Crippen LogP contribution is 2.37. The zero-order valence-electron chi connectivity index (χ0n) is 10.3. The van der Waals surface area contributed by atoms with Crippen molar-refractivity contribution in [3.8, 4) is 21.8 Å². The van der Waals surface area contributed by atoms with E-state index in [1.165, 1.54) is 11.3 Å². The van der Waals surface area contributed by atoms with E-state index < -0.39 is 0 Å². The van der Waals surface area contributed by atoms with Gasteiger partial charge < -0.3 is 0 Å². The first kappa shape index (κ1) is 15.3. The summed E-state index contributed by atoms with van der Waals surface area (Å²) >= 11 is 23.3. The number of thiophene rings is 1. The Hall–Kier alpha value is -0.650. The third-order valence-corrected chi connectivity index (χ3v) is 4.99. The van der Waals surface area contributed by atoms with Crippen molar-refractivity contribution in [1.82, 2.24) is 9.97 Å². The minimum Gasteiger partial charge on any atom is -0.215 e. The average molecular weight is 421 g/mol. The van der Waals surface area contributed by atoms with Crippen LogP contribution in [0.5, 0.6) is 0 Å². The number of aromatic nitrogens is 2. The lowest BCUT2D eigenvalue weighted by Gasteiger charge is -2.08. The highest BCUT2D eigenvalue weighted by atomic mass is 79.9. The Morgan fingerprint density at radius 3 is 2.24 bits per heavy atom. The van der Waals surface area contributed by atoms with E-state index in [2.05, 4.69) is 25.9 Å². The van der Waals surface area contributed by atoms with E-state index >= 15 is 0 Å². The van der Waals surface area contributed by atoms with Crippen LogP contribution >= 0.6 is 62.1 Å². The van der Waals surface area contributed by atoms with Crippen LogP contribution in [0.2, 0.25) is 14.6 Å². The summed E-state index contributed by atoms with van der Waals surface area (Å²) in [4.78, 5) is 9.48. The largest absolute Gasteiger partial charge is 0.215 e. The standard InChI is InChI=1S/C14H6BrCl3N2S/c15-8-3-1-2-7(6-8)11-12(17)19-14(20-13(11)18)9-4-5-10(16)21-9/h1-6H. The Labute approximate surface area is 148 Å². The van der Waals surface area contributed by atoms with Crippen LogP contribution in [-0.4, -0.2) is 9.97 Å². The van der Waals surface area contributed by atoms with Crippen molar-refractivity contribution in [2.45, 2.75) is 0 Å². The first-order chi connectivity index (χ1) is 10.0. The summed E-state index contributed by atoms with van der Waals surface area (Å²) in [7, 11) is 0. The highest BCUT2D eigenvalue weighted by Gasteiger charge is 2.15. The van der Waals surface area contributed by atoms with Crippen molar-refractivity contribution in [1.29, 1.82) is 0 Å². The second-order valence-electron chi connectivity index (χ2n) is 4.12. The molecule has 0 unspecified atom stereocenters. The molecule has 0 bridgehead atoms. The number of benzene rings is 1. The van der Waals surface area contributed by atoms with Crippen LogP contribution < -0.4 is 0 Å². The summed E-state index contributed by atoms with van der Waals surface area (Å²) in [6, 6.07) is 11.3. The van der Waals surface area contributed by atoms with Gasteiger partial charge in [0, 0.05) is 4.47 Å². The zero-order valence-corrected chi connectivity index (χ0v) is 14.9. The molecule has 0 saturated carbocycles. The molecule has 0 saturated heterocycles. The third-order valence-electron chi connectivity index (χ3n) is 2.73. The monoisotopic (exact) mass is 418 g/mol. The van der Waals surface area contributed by atoms with Gasteiger partial charge in [0.05, 0.1) is 14.8 Å². The number of hydrogen-bond acceptors (Lipinski definition) is 3. The smallest absolute Gasteiger partial charge is 0.172 e. The van der Waals surface area contributed by atoms with Gasteiger partial charge in [-0.2, -0.15) is 0 Å². The minimum atomic E-state index is 0.313. The summed E-state index contributed by atoms with van der Waals surface area (Å²) in [5.74, 6) is 0.473. The first-order valence-electron chi connectivity index (χ1n) is 5.79. The maximum absolute atomic E-state index is 6.30. The molecular weight excluding hydrogens is 414 g/mol. The topological polar surface area (TPSA) is 25.8 Å². The number of nitrogens with zero attached hydrogens (tertiary/aromatic N) is 2. The maximum Gasteiger partial charge on any atom is 0.172 e. The fourth-order valence-corrected chi connectivity index (χ4v) is 3.82. The van der Waals surface area contributed by atoms with E-state index in [1.807, 2.05) is 30.3 Å².